The molecule has 0 spiro atoms. The van der Waals surface area contributed by atoms with Gasteiger partial charge in [0.2, 0.25) is 0 Å². The van der Waals surface area contributed by atoms with Crippen LogP contribution < -0.4 is 4.57 Å². The lowest BCUT2D eigenvalue weighted by Crippen LogP contribution is -2.27. The maximum Gasteiger partial charge on any atom is 0.171 e. The van der Waals surface area contributed by atoms with Crippen molar-refractivity contribution in [1.29, 1.82) is 0 Å². The van der Waals surface area contributed by atoms with Gasteiger partial charge in [-0.3, -0.25) is 0 Å². The predicted molar refractivity (Wildman–Crippen MR) is 64.1 cm³/mol. The van der Waals surface area contributed by atoms with Crippen LogP contribution in [0.3, 0.4) is 0 Å². The Morgan fingerprint density at radius 2 is 2.13 bits per heavy atom. The van der Waals surface area contributed by atoms with Gasteiger partial charge in [-0.1, -0.05) is 6.07 Å². The summed E-state index contributed by atoms with van der Waals surface area (Å²) in [7, 11) is 2.07. The van der Waals surface area contributed by atoms with Crippen LogP contribution in [0.1, 0.15) is 16.0 Å². The number of thiophene rings is 1. The van der Waals surface area contributed by atoms with Crippen LogP contribution in [0.5, 0.6) is 0 Å². The summed E-state index contributed by atoms with van der Waals surface area (Å²) in [6, 6.07) is 6.56. The van der Waals surface area contributed by atoms with Crippen LogP contribution in [0.25, 0.3) is 0 Å². The number of hydrogen-bond acceptors (Lipinski definition) is 1. The average molecular weight is 218 g/mol. The Kier molecular flexibility index (Phi) is 3.17. The molecule has 2 rings (SSSR count). The third kappa shape index (κ3) is 2.66. The zero-order chi connectivity index (χ0) is 10.7. The summed E-state index contributed by atoms with van der Waals surface area (Å²) in [5.74, 6) is 0. The predicted octanol–water partition coefficient (Wildman–Crippen LogP) is 2.67. The van der Waals surface area contributed by atoms with Crippen molar-refractivity contribution in [2.45, 2.75) is 19.8 Å². The number of rotatable bonds is 3. The summed E-state index contributed by atoms with van der Waals surface area (Å²) >= 11 is 1.85. The van der Waals surface area contributed by atoms with E-state index in [0.717, 1.165) is 12.8 Å². The molecule has 15 heavy (non-hydrogen) atoms. The average Bonchev–Trinajstić information content (AvgIpc) is 2.69. The third-order valence-electron chi connectivity index (χ3n) is 2.64. The SMILES string of the molecule is Cc1c[n+](C)ccc1CCc1cccs1. The maximum absolute atomic E-state index is 2.23. The number of aromatic nitrogens is 1. The van der Waals surface area contributed by atoms with E-state index in [-0.39, 0.29) is 0 Å². The van der Waals surface area contributed by atoms with Gasteiger partial charge in [0.15, 0.2) is 12.4 Å². The van der Waals surface area contributed by atoms with Crippen molar-refractivity contribution >= 4 is 11.3 Å². The largest absolute Gasteiger partial charge is 0.208 e. The minimum absolute atomic E-state index is 1.15. The fourth-order valence-corrected chi connectivity index (χ4v) is 2.47. The molecule has 0 saturated carbocycles. The molecule has 0 aromatic carbocycles. The Balaban J connectivity index is 2.05. The lowest BCUT2D eigenvalue weighted by atomic mass is 10.1. The molecule has 0 amide bonds. The number of aryl methyl sites for hydroxylation is 4. The van der Waals surface area contributed by atoms with Gasteiger partial charge in [-0.05, 0) is 36.8 Å². The van der Waals surface area contributed by atoms with E-state index < -0.39 is 0 Å². The van der Waals surface area contributed by atoms with Crippen molar-refractivity contribution in [1.82, 2.24) is 0 Å². The van der Waals surface area contributed by atoms with Gasteiger partial charge >= 0.3 is 0 Å². The van der Waals surface area contributed by atoms with E-state index in [2.05, 4.69) is 54.5 Å². The standard InChI is InChI=1S/C13H16NS/c1-11-10-14(2)8-7-12(11)5-6-13-4-3-9-15-13/h3-4,7-10H,5-6H2,1-2H3/q+1. The fraction of sp³-hybridized carbons (Fsp3) is 0.308. The van der Waals surface area contributed by atoms with Crippen LogP contribution in [0.15, 0.2) is 36.0 Å². The van der Waals surface area contributed by atoms with Gasteiger partial charge < -0.3 is 0 Å². The van der Waals surface area contributed by atoms with E-state index in [1.807, 2.05) is 11.3 Å². The van der Waals surface area contributed by atoms with Crippen LogP contribution in [0.4, 0.5) is 0 Å². The Bertz CT molecular complexity index is 432. The lowest BCUT2D eigenvalue weighted by Gasteiger charge is -2.02. The first kappa shape index (κ1) is 10.4. The van der Waals surface area contributed by atoms with Crippen LogP contribution in [-0.2, 0) is 19.9 Å². The molecule has 1 nitrogen and oxygen atoms in total. The maximum atomic E-state index is 2.23. The van der Waals surface area contributed by atoms with E-state index in [1.165, 1.54) is 16.0 Å². The Morgan fingerprint density at radius 3 is 2.80 bits per heavy atom. The van der Waals surface area contributed by atoms with Crippen molar-refractivity contribution < 1.29 is 4.57 Å². The van der Waals surface area contributed by atoms with Crippen LogP contribution in [0, 0.1) is 6.92 Å². The van der Waals surface area contributed by atoms with Crippen molar-refractivity contribution in [3.05, 3.63) is 52.0 Å². The van der Waals surface area contributed by atoms with Gasteiger partial charge in [0.1, 0.15) is 7.05 Å². The quantitative estimate of drug-likeness (QED) is 0.697. The first-order valence-corrected chi connectivity index (χ1v) is 6.11. The van der Waals surface area contributed by atoms with Gasteiger partial charge in [0.25, 0.3) is 0 Å². The summed E-state index contributed by atoms with van der Waals surface area (Å²) in [5.41, 5.74) is 2.85. The fourth-order valence-electron chi connectivity index (χ4n) is 1.76. The van der Waals surface area contributed by atoms with E-state index in [1.54, 1.807) is 0 Å². The molecule has 0 bridgehead atoms. The van der Waals surface area contributed by atoms with E-state index in [4.69, 9.17) is 0 Å². The van der Waals surface area contributed by atoms with Crippen LogP contribution >= 0.6 is 11.3 Å². The van der Waals surface area contributed by atoms with Crippen LogP contribution in [-0.4, -0.2) is 0 Å². The lowest BCUT2D eigenvalue weighted by molar-refractivity contribution is -0.671. The van der Waals surface area contributed by atoms with Gasteiger partial charge in [-0.2, -0.15) is 0 Å². The molecule has 0 aliphatic rings. The second-order valence-electron chi connectivity index (χ2n) is 3.90. The van der Waals surface area contributed by atoms with Crippen molar-refractivity contribution in [2.24, 2.45) is 7.05 Å². The summed E-state index contributed by atoms with van der Waals surface area (Å²) in [5, 5.41) is 2.15. The topological polar surface area (TPSA) is 3.88 Å². The van der Waals surface area contributed by atoms with E-state index >= 15 is 0 Å². The summed E-state index contributed by atoms with van der Waals surface area (Å²) < 4.78 is 2.10. The van der Waals surface area contributed by atoms with Crippen LogP contribution in [0.2, 0.25) is 0 Å². The van der Waals surface area contributed by atoms with Gasteiger partial charge in [-0.15, -0.1) is 11.3 Å². The molecule has 78 valence electrons. The smallest absolute Gasteiger partial charge is 0.171 e. The first-order valence-electron chi connectivity index (χ1n) is 5.23. The molecule has 2 heteroatoms. The van der Waals surface area contributed by atoms with E-state index in [9.17, 15) is 0 Å². The molecule has 0 unspecified atom stereocenters. The Morgan fingerprint density at radius 1 is 1.27 bits per heavy atom. The highest BCUT2D eigenvalue weighted by molar-refractivity contribution is 7.09. The number of pyridine rings is 1. The molecular formula is C13H16NS+. The molecule has 2 heterocycles. The van der Waals surface area contributed by atoms with Gasteiger partial charge in [0, 0.05) is 16.5 Å². The van der Waals surface area contributed by atoms with Gasteiger partial charge in [0.05, 0.1) is 0 Å². The zero-order valence-electron chi connectivity index (χ0n) is 9.23. The molecule has 2 aromatic rings. The second-order valence-corrected chi connectivity index (χ2v) is 4.93. The van der Waals surface area contributed by atoms with Crippen molar-refractivity contribution in [3.63, 3.8) is 0 Å². The summed E-state index contributed by atoms with van der Waals surface area (Å²) in [6.45, 7) is 2.18. The highest BCUT2D eigenvalue weighted by Gasteiger charge is 2.03. The minimum Gasteiger partial charge on any atom is -0.208 e. The molecule has 2 aromatic heterocycles. The molecule has 0 radical (unpaired) electrons. The minimum atomic E-state index is 1.15. The molecule has 0 saturated heterocycles. The summed E-state index contributed by atoms with van der Waals surface area (Å²) in [4.78, 5) is 1.47. The molecule has 0 aliphatic carbocycles. The first-order chi connectivity index (χ1) is 7.25. The molecule has 0 fully saturated rings. The monoisotopic (exact) mass is 218 g/mol. The molecular weight excluding hydrogens is 202 g/mol. The van der Waals surface area contributed by atoms with Gasteiger partial charge in [-0.25, -0.2) is 4.57 Å². The normalized spacial score (nSPS) is 10.5. The highest BCUT2D eigenvalue weighted by atomic mass is 32.1. The summed E-state index contributed by atoms with van der Waals surface area (Å²) in [6.07, 6.45) is 6.61. The Hall–Kier alpha value is -1.15. The zero-order valence-corrected chi connectivity index (χ0v) is 10.1. The Labute approximate surface area is 95.0 Å². The molecule has 0 N–H and O–H groups in total. The third-order valence-corrected chi connectivity index (χ3v) is 3.57. The number of hydrogen-bond donors (Lipinski definition) is 0. The van der Waals surface area contributed by atoms with E-state index in [0.29, 0.717) is 0 Å². The second kappa shape index (κ2) is 4.58. The van der Waals surface area contributed by atoms with Crippen molar-refractivity contribution in [2.75, 3.05) is 0 Å². The number of nitrogens with zero attached hydrogens (tertiary/aromatic N) is 1. The molecule has 0 atom stereocenters. The van der Waals surface area contributed by atoms with Crippen molar-refractivity contribution in [3.8, 4) is 0 Å². The molecule has 0 aliphatic heterocycles. The highest BCUT2D eigenvalue weighted by Crippen LogP contribution is 2.13.